The van der Waals surface area contributed by atoms with Gasteiger partial charge in [-0.05, 0) is 29.7 Å². The van der Waals surface area contributed by atoms with Crippen LogP contribution in [0.4, 0.5) is 13.2 Å². The lowest BCUT2D eigenvalue weighted by atomic mass is 9.99. The Labute approximate surface area is 94.9 Å². The van der Waals surface area contributed by atoms with Crippen molar-refractivity contribution in [1.29, 1.82) is 0 Å². The molecule has 0 amide bonds. The second kappa shape index (κ2) is 4.39. The van der Waals surface area contributed by atoms with Crippen molar-refractivity contribution >= 4 is 15.9 Å². The Morgan fingerprint density at radius 1 is 1.40 bits per heavy atom. The van der Waals surface area contributed by atoms with E-state index in [1.54, 1.807) is 13.0 Å². The highest BCUT2D eigenvalue weighted by molar-refractivity contribution is 9.10. The topological polar surface area (TPSA) is 0 Å². The van der Waals surface area contributed by atoms with Gasteiger partial charge in [-0.2, -0.15) is 13.2 Å². The van der Waals surface area contributed by atoms with Gasteiger partial charge in [-0.1, -0.05) is 28.9 Å². The lowest BCUT2D eigenvalue weighted by molar-refractivity contribution is -0.137. The molecule has 0 spiro atoms. The third kappa shape index (κ3) is 2.84. The van der Waals surface area contributed by atoms with Crippen molar-refractivity contribution in [1.82, 2.24) is 0 Å². The summed E-state index contributed by atoms with van der Waals surface area (Å²) in [7, 11) is 0. The Morgan fingerprint density at radius 3 is 2.47 bits per heavy atom. The van der Waals surface area contributed by atoms with Gasteiger partial charge in [0.25, 0.3) is 0 Å². The highest BCUT2D eigenvalue weighted by atomic mass is 79.9. The van der Waals surface area contributed by atoms with E-state index in [0.29, 0.717) is 10.0 Å². The van der Waals surface area contributed by atoms with Crippen molar-refractivity contribution in [3.05, 3.63) is 46.5 Å². The Hall–Kier alpha value is -0.770. The van der Waals surface area contributed by atoms with Gasteiger partial charge in [0.05, 0.1) is 5.56 Å². The number of benzene rings is 1. The summed E-state index contributed by atoms with van der Waals surface area (Å²) in [5, 5.41) is 0. The summed E-state index contributed by atoms with van der Waals surface area (Å²) in [6.45, 7) is 5.37. The van der Waals surface area contributed by atoms with Gasteiger partial charge in [-0.3, -0.25) is 0 Å². The molecule has 1 unspecified atom stereocenters. The second-order valence-corrected chi connectivity index (χ2v) is 4.11. The molecule has 82 valence electrons. The number of allylic oxidation sites excluding steroid dienone is 1. The van der Waals surface area contributed by atoms with Crippen LogP contribution >= 0.6 is 15.9 Å². The van der Waals surface area contributed by atoms with Crippen LogP contribution in [0, 0.1) is 0 Å². The molecular formula is C11H10BrF3. The zero-order valence-corrected chi connectivity index (χ0v) is 9.69. The Kier molecular flexibility index (Phi) is 3.60. The molecule has 0 aliphatic carbocycles. The lowest BCUT2D eigenvalue weighted by Gasteiger charge is -2.13. The van der Waals surface area contributed by atoms with Crippen LogP contribution in [0.3, 0.4) is 0 Å². The molecule has 0 aliphatic rings. The predicted molar refractivity (Wildman–Crippen MR) is 57.8 cm³/mol. The first-order valence-corrected chi connectivity index (χ1v) is 5.14. The van der Waals surface area contributed by atoms with Crippen LogP contribution in [-0.2, 0) is 6.18 Å². The number of rotatable bonds is 2. The van der Waals surface area contributed by atoms with Crippen LogP contribution in [0.1, 0.15) is 24.0 Å². The van der Waals surface area contributed by atoms with Gasteiger partial charge in [0.1, 0.15) is 0 Å². The van der Waals surface area contributed by atoms with Crippen LogP contribution in [0.25, 0.3) is 0 Å². The van der Waals surface area contributed by atoms with Crippen LogP contribution in [0.5, 0.6) is 0 Å². The van der Waals surface area contributed by atoms with Crippen molar-refractivity contribution < 1.29 is 13.2 Å². The smallest absolute Gasteiger partial charge is 0.166 e. The largest absolute Gasteiger partial charge is 0.416 e. The van der Waals surface area contributed by atoms with Crippen LogP contribution < -0.4 is 0 Å². The molecule has 0 saturated heterocycles. The first-order chi connectivity index (χ1) is 6.86. The van der Waals surface area contributed by atoms with E-state index in [4.69, 9.17) is 0 Å². The van der Waals surface area contributed by atoms with Gasteiger partial charge in [-0.25, -0.2) is 0 Å². The third-order valence-corrected chi connectivity index (χ3v) is 2.89. The summed E-state index contributed by atoms with van der Waals surface area (Å²) in [4.78, 5) is 0. The molecule has 1 rings (SSSR count). The summed E-state index contributed by atoms with van der Waals surface area (Å²) in [6, 6.07) is 3.62. The summed E-state index contributed by atoms with van der Waals surface area (Å²) in [5.74, 6) is -0.110. The standard InChI is InChI=1S/C11H10BrF3/c1-3-7(2)9-6-8(11(13,14)15)4-5-10(9)12/h3-7H,1H2,2H3. The van der Waals surface area contributed by atoms with E-state index >= 15 is 0 Å². The Bertz CT molecular complexity index is 369. The molecule has 0 aromatic heterocycles. The normalized spacial score (nSPS) is 13.7. The van der Waals surface area contributed by atoms with E-state index in [9.17, 15) is 13.2 Å². The first-order valence-electron chi connectivity index (χ1n) is 4.35. The predicted octanol–water partition coefficient (Wildman–Crippen LogP) is 4.76. The van der Waals surface area contributed by atoms with Crippen LogP contribution in [0.2, 0.25) is 0 Å². The summed E-state index contributed by atoms with van der Waals surface area (Å²) in [5.41, 5.74) is -0.0331. The molecule has 0 bridgehead atoms. The molecular weight excluding hydrogens is 269 g/mol. The monoisotopic (exact) mass is 278 g/mol. The van der Waals surface area contributed by atoms with Gasteiger partial charge in [0.2, 0.25) is 0 Å². The lowest BCUT2D eigenvalue weighted by Crippen LogP contribution is -2.06. The van der Waals surface area contributed by atoms with Crippen molar-refractivity contribution in [2.75, 3.05) is 0 Å². The van der Waals surface area contributed by atoms with Gasteiger partial charge in [0.15, 0.2) is 0 Å². The SMILES string of the molecule is C=CC(C)c1cc(C(F)(F)F)ccc1Br. The van der Waals surface area contributed by atoms with Gasteiger partial charge >= 0.3 is 6.18 Å². The second-order valence-electron chi connectivity index (χ2n) is 3.26. The Balaban J connectivity index is 3.22. The van der Waals surface area contributed by atoms with Crippen LogP contribution in [-0.4, -0.2) is 0 Å². The first kappa shape index (κ1) is 12.3. The maximum Gasteiger partial charge on any atom is 0.416 e. The molecule has 1 aromatic rings. The molecule has 0 heterocycles. The van der Waals surface area contributed by atoms with Crippen molar-refractivity contribution in [3.8, 4) is 0 Å². The number of hydrogen-bond acceptors (Lipinski definition) is 0. The molecule has 0 saturated carbocycles. The molecule has 1 atom stereocenters. The molecule has 4 heteroatoms. The highest BCUT2D eigenvalue weighted by Gasteiger charge is 2.31. The fourth-order valence-electron chi connectivity index (χ4n) is 1.20. The van der Waals surface area contributed by atoms with E-state index in [2.05, 4.69) is 22.5 Å². The average molecular weight is 279 g/mol. The van der Waals surface area contributed by atoms with Gasteiger partial charge in [0, 0.05) is 4.47 Å². The zero-order valence-electron chi connectivity index (χ0n) is 8.11. The summed E-state index contributed by atoms with van der Waals surface area (Å²) >= 11 is 3.22. The molecule has 1 aromatic carbocycles. The minimum absolute atomic E-state index is 0.110. The molecule has 0 fully saturated rings. The maximum atomic E-state index is 12.4. The maximum absolute atomic E-state index is 12.4. The number of alkyl halides is 3. The Morgan fingerprint density at radius 2 is 2.00 bits per heavy atom. The molecule has 0 N–H and O–H groups in total. The quantitative estimate of drug-likeness (QED) is 0.685. The van der Waals surface area contributed by atoms with Gasteiger partial charge < -0.3 is 0 Å². The van der Waals surface area contributed by atoms with E-state index in [-0.39, 0.29) is 5.92 Å². The van der Waals surface area contributed by atoms with E-state index < -0.39 is 11.7 Å². The average Bonchev–Trinajstić information content (AvgIpc) is 2.15. The van der Waals surface area contributed by atoms with E-state index in [1.807, 2.05) is 0 Å². The van der Waals surface area contributed by atoms with E-state index in [1.165, 1.54) is 6.07 Å². The van der Waals surface area contributed by atoms with Gasteiger partial charge in [-0.15, -0.1) is 6.58 Å². The third-order valence-electron chi connectivity index (χ3n) is 2.17. The van der Waals surface area contributed by atoms with Crippen molar-refractivity contribution in [2.45, 2.75) is 19.0 Å². The molecule has 0 nitrogen and oxygen atoms in total. The van der Waals surface area contributed by atoms with E-state index in [0.717, 1.165) is 12.1 Å². The minimum atomic E-state index is -4.30. The molecule has 0 aliphatic heterocycles. The minimum Gasteiger partial charge on any atom is -0.166 e. The van der Waals surface area contributed by atoms with Crippen molar-refractivity contribution in [3.63, 3.8) is 0 Å². The number of hydrogen-bond donors (Lipinski definition) is 0. The summed E-state index contributed by atoms with van der Waals surface area (Å²) in [6.07, 6.45) is -2.68. The highest BCUT2D eigenvalue weighted by Crippen LogP contribution is 2.34. The van der Waals surface area contributed by atoms with Crippen LogP contribution in [0.15, 0.2) is 35.3 Å². The fourth-order valence-corrected chi connectivity index (χ4v) is 1.80. The van der Waals surface area contributed by atoms with Crippen molar-refractivity contribution in [2.24, 2.45) is 0 Å². The molecule has 0 radical (unpaired) electrons. The number of halogens is 4. The zero-order chi connectivity index (χ0) is 11.6. The molecule has 15 heavy (non-hydrogen) atoms. The fraction of sp³-hybridized carbons (Fsp3) is 0.273. The summed E-state index contributed by atoms with van der Waals surface area (Å²) < 4.78 is 37.9.